The second-order valence-electron chi connectivity index (χ2n) is 7.45. The number of carbonyl (C=O) groups excluding carboxylic acids is 1. The summed E-state index contributed by atoms with van der Waals surface area (Å²) in [5, 5.41) is 0.774. The smallest absolute Gasteiger partial charge is 0.233 e. The minimum Gasteiger partial charge on any atom is -0.376 e. The lowest BCUT2D eigenvalue weighted by molar-refractivity contribution is -0.118. The number of nitrogens with zero attached hydrogens (tertiary/aromatic N) is 2. The zero-order valence-corrected chi connectivity index (χ0v) is 17.3. The third-order valence-corrected chi connectivity index (χ3v) is 6.31. The van der Waals surface area contributed by atoms with Gasteiger partial charge in [0.2, 0.25) is 5.91 Å². The van der Waals surface area contributed by atoms with E-state index in [-0.39, 0.29) is 12.0 Å². The molecule has 1 aliphatic rings. The van der Waals surface area contributed by atoms with Gasteiger partial charge in [-0.2, -0.15) is 0 Å². The van der Waals surface area contributed by atoms with E-state index in [2.05, 4.69) is 44.2 Å². The first-order valence-corrected chi connectivity index (χ1v) is 10.8. The van der Waals surface area contributed by atoms with E-state index in [0.29, 0.717) is 13.0 Å². The van der Waals surface area contributed by atoms with Gasteiger partial charge in [0.1, 0.15) is 0 Å². The number of fused-ring (bicyclic) bond motifs is 1. The van der Waals surface area contributed by atoms with Gasteiger partial charge in [0, 0.05) is 6.61 Å². The van der Waals surface area contributed by atoms with Gasteiger partial charge in [0.15, 0.2) is 5.13 Å². The van der Waals surface area contributed by atoms with Crippen LogP contribution in [0, 0.1) is 6.92 Å². The lowest BCUT2D eigenvalue weighted by Crippen LogP contribution is -2.38. The predicted molar refractivity (Wildman–Crippen MR) is 115 cm³/mol. The first-order valence-electron chi connectivity index (χ1n) is 9.99. The first kappa shape index (κ1) is 19.1. The Morgan fingerprint density at radius 3 is 2.71 bits per heavy atom. The molecule has 0 aliphatic carbocycles. The Balaban J connectivity index is 1.62. The van der Waals surface area contributed by atoms with Gasteiger partial charge in [-0.25, -0.2) is 4.98 Å². The van der Waals surface area contributed by atoms with Crippen molar-refractivity contribution in [3.63, 3.8) is 0 Å². The topological polar surface area (TPSA) is 42.4 Å². The van der Waals surface area contributed by atoms with Gasteiger partial charge in [-0.05, 0) is 49.4 Å². The maximum Gasteiger partial charge on any atom is 0.233 e. The number of carbonyl (C=O) groups is 1. The van der Waals surface area contributed by atoms with Crippen LogP contribution in [0.4, 0.5) is 5.13 Å². The molecule has 0 spiro atoms. The fourth-order valence-electron chi connectivity index (χ4n) is 3.55. The van der Waals surface area contributed by atoms with E-state index < -0.39 is 0 Å². The van der Waals surface area contributed by atoms with E-state index >= 15 is 0 Å². The normalized spacial score (nSPS) is 16.6. The van der Waals surface area contributed by atoms with Crippen molar-refractivity contribution in [3.05, 3.63) is 59.2 Å². The number of anilines is 1. The fraction of sp³-hybridized carbons (Fsp3) is 0.391. The molecule has 1 aromatic heterocycles. The first-order chi connectivity index (χ1) is 13.6. The fourth-order valence-corrected chi connectivity index (χ4v) is 4.60. The van der Waals surface area contributed by atoms with Crippen molar-refractivity contribution >= 4 is 32.6 Å². The summed E-state index contributed by atoms with van der Waals surface area (Å²) in [6.45, 7) is 5.56. The number of hydrogen-bond acceptors (Lipinski definition) is 4. The molecule has 5 heteroatoms. The molecule has 4 rings (SSSR count). The number of aromatic nitrogens is 1. The molecule has 2 heterocycles. The molecule has 3 aromatic rings. The molecule has 1 aliphatic heterocycles. The molecule has 0 bridgehead atoms. The highest BCUT2D eigenvalue weighted by Gasteiger charge is 2.26. The van der Waals surface area contributed by atoms with Crippen molar-refractivity contribution in [1.29, 1.82) is 0 Å². The lowest BCUT2D eigenvalue weighted by Gasteiger charge is -2.23. The minimum absolute atomic E-state index is 0.0779. The Hall–Kier alpha value is -2.24. The SMILES string of the molecule is CCc1ccc2nc(N(CC3CCCO3)C(=O)Cc3ccc(C)cc3)sc2c1. The van der Waals surface area contributed by atoms with Gasteiger partial charge in [-0.1, -0.05) is 54.2 Å². The molecule has 0 N–H and O–H groups in total. The van der Waals surface area contributed by atoms with Crippen LogP contribution in [0.25, 0.3) is 10.2 Å². The Labute approximate surface area is 170 Å². The summed E-state index contributed by atoms with van der Waals surface area (Å²) in [5.41, 5.74) is 4.48. The maximum absolute atomic E-state index is 13.2. The molecular formula is C23H26N2O2S. The number of aryl methyl sites for hydroxylation is 2. The molecule has 1 fully saturated rings. The molecule has 2 aromatic carbocycles. The number of thiazole rings is 1. The molecule has 28 heavy (non-hydrogen) atoms. The lowest BCUT2D eigenvalue weighted by atomic mass is 10.1. The standard InChI is InChI=1S/C23H26N2O2S/c1-3-17-10-11-20-21(13-17)28-23(24-20)25(15-19-5-4-12-27-19)22(26)14-18-8-6-16(2)7-9-18/h6-11,13,19H,3-5,12,14-15H2,1-2H3. The van der Waals surface area contributed by atoms with Crippen molar-refractivity contribution in [1.82, 2.24) is 4.98 Å². The van der Waals surface area contributed by atoms with Crippen LogP contribution >= 0.6 is 11.3 Å². The maximum atomic E-state index is 13.2. The van der Waals surface area contributed by atoms with Crippen molar-refractivity contribution < 1.29 is 9.53 Å². The zero-order valence-electron chi connectivity index (χ0n) is 16.5. The average Bonchev–Trinajstić information content (AvgIpc) is 3.36. The van der Waals surface area contributed by atoms with Gasteiger partial charge in [-0.15, -0.1) is 0 Å². The Kier molecular flexibility index (Phi) is 5.74. The number of benzene rings is 2. The molecule has 146 valence electrons. The quantitative estimate of drug-likeness (QED) is 0.596. The van der Waals surface area contributed by atoms with E-state index in [1.807, 2.05) is 17.0 Å². The zero-order chi connectivity index (χ0) is 19.5. The van der Waals surface area contributed by atoms with Gasteiger partial charge in [0.25, 0.3) is 0 Å². The summed E-state index contributed by atoms with van der Waals surface area (Å²) >= 11 is 1.60. The van der Waals surface area contributed by atoms with E-state index in [9.17, 15) is 4.79 Å². The molecule has 1 saturated heterocycles. The van der Waals surface area contributed by atoms with Crippen LogP contribution < -0.4 is 4.90 Å². The highest BCUT2D eigenvalue weighted by Crippen LogP contribution is 2.31. The minimum atomic E-state index is 0.0779. The predicted octanol–water partition coefficient (Wildman–Crippen LogP) is 4.92. The molecule has 1 atom stereocenters. The second-order valence-corrected chi connectivity index (χ2v) is 8.46. The molecule has 0 saturated carbocycles. The summed E-state index contributed by atoms with van der Waals surface area (Å²) in [6, 6.07) is 14.5. The van der Waals surface area contributed by atoms with Crippen molar-refractivity contribution in [2.45, 2.75) is 45.6 Å². The summed E-state index contributed by atoms with van der Waals surface area (Å²) in [6.07, 6.45) is 3.53. The number of ether oxygens (including phenoxy) is 1. The van der Waals surface area contributed by atoms with E-state index in [1.54, 1.807) is 11.3 Å². The van der Waals surface area contributed by atoms with E-state index in [1.165, 1.54) is 11.1 Å². The third kappa shape index (κ3) is 4.26. The molecule has 1 unspecified atom stereocenters. The molecular weight excluding hydrogens is 368 g/mol. The van der Waals surface area contributed by atoms with Crippen molar-refractivity contribution in [2.75, 3.05) is 18.1 Å². The summed E-state index contributed by atoms with van der Waals surface area (Å²) < 4.78 is 6.95. The van der Waals surface area contributed by atoms with Crippen molar-refractivity contribution in [2.24, 2.45) is 0 Å². The van der Waals surface area contributed by atoms with Crippen molar-refractivity contribution in [3.8, 4) is 0 Å². The van der Waals surface area contributed by atoms with Crippen LogP contribution in [0.15, 0.2) is 42.5 Å². The van der Waals surface area contributed by atoms with Crippen LogP contribution in [0.3, 0.4) is 0 Å². The summed E-state index contributed by atoms with van der Waals surface area (Å²) in [4.78, 5) is 19.8. The summed E-state index contributed by atoms with van der Waals surface area (Å²) in [5.74, 6) is 0.0779. The highest BCUT2D eigenvalue weighted by molar-refractivity contribution is 7.22. The Bertz CT molecular complexity index is 958. The Morgan fingerprint density at radius 1 is 1.21 bits per heavy atom. The molecule has 4 nitrogen and oxygen atoms in total. The van der Waals surface area contributed by atoms with Gasteiger partial charge in [0.05, 0.1) is 29.3 Å². The van der Waals surface area contributed by atoms with E-state index in [4.69, 9.17) is 9.72 Å². The number of hydrogen-bond donors (Lipinski definition) is 0. The van der Waals surface area contributed by atoms with E-state index in [0.717, 1.165) is 46.8 Å². The van der Waals surface area contributed by atoms with Crippen LogP contribution in [0.5, 0.6) is 0 Å². The largest absolute Gasteiger partial charge is 0.376 e. The summed E-state index contributed by atoms with van der Waals surface area (Å²) in [7, 11) is 0. The van der Waals surface area contributed by atoms with Crippen LogP contribution in [-0.2, 0) is 22.4 Å². The Morgan fingerprint density at radius 2 is 2.00 bits per heavy atom. The molecule has 1 amide bonds. The van der Waals surface area contributed by atoms with Gasteiger partial charge >= 0.3 is 0 Å². The van der Waals surface area contributed by atoms with Crippen LogP contribution in [-0.4, -0.2) is 30.1 Å². The number of amides is 1. The number of rotatable bonds is 6. The third-order valence-electron chi connectivity index (χ3n) is 5.27. The second kappa shape index (κ2) is 8.41. The van der Waals surface area contributed by atoms with Gasteiger partial charge < -0.3 is 4.74 Å². The monoisotopic (exact) mass is 394 g/mol. The average molecular weight is 395 g/mol. The van der Waals surface area contributed by atoms with Crippen LogP contribution in [0.2, 0.25) is 0 Å². The highest BCUT2D eigenvalue weighted by atomic mass is 32.1. The van der Waals surface area contributed by atoms with Crippen LogP contribution in [0.1, 0.15) is 36.5 Å². The molecule has 0 radical (unpaired) electrons. The van der Waals surface area contributed by atoms with Gasteiger partial charge in [-0.3, -0.25) is 9.69 Å².